The third kappa shape index (κ3) is 3.89. The SMILES string of the molecule is CCCOc1cc(/C=C(\Cl)c2nc3ccccc3c(=O)o2)ccc1OC. The number of halogens is 1. The Labute approximate surface area is 155 Å². The van der Waals surface area contributed by atoms with E-state index < -0.39 is 5.63 Å². The number of fused-ring (bicyclic) bond motifs is 1. The van der Waals surface area contributed by atoms with Crippen LogP contribution < -0.4 is 15.1 Å². The summed E-state index contributed by atoms with van der Waals surface area (Å²) in [6.07, 6.45) is 2.55. The van der Waals surface area contributed by atoms with Gasteiger partial charge >= 0.3 is 5.63 Å². The number of methoxy groups -OCH3 is 1. The van der Waals surface area contributed by atoms with Gasteiger partial charge in [-0.15, -0.1) is 0 Å². The minimum atomic E-state index is -0.473. The van der Waals surface area contributed by atoms with E-state index in [1.807, 2.05) is 19.1 Å². The first-order chi connectivity index (χ1) is 12.6. The van der Waals surface area contributed by atoms with Gasteiger partial charge in [0.15, 0.2) is 11.5 Å². The van der Waals surface area contributed by atoms with Crippen molar-refractivity contribution in [3.63, 3.8) is 0 Å². The van der Waals surface area contributed by atoms with Gasteiger partial charge in [0.1, 0.15) is 5.03 Å². The van der Waals surface area contributed by atoms with Gasteiger partial charge in [0.25, 0.3) is 0 Å². The fourth-order valence-corrected chi connectivity index (χ4v) is 2.64. The second kappa shape index (κ2) is 8.06. The van der Waals surface area contributed by atoms with Gasteiger partial charge in [0.05, 0.1) is 24.6 Å². The Balaban J connectivity index is 1.98. The summed E-state index contributed by atoms with van der Waals surface area (Å²) in [7, 11) is 1.59. The highest BCUT2D eigenvalue weighted by molar-refractivity contribution is 6.50. The molecule has 1 aromatic heterocycles. The monoisotopic (exact) mass is 371 g/mol. The van der Waals surface area contributed by atoms with Crippen molar-refractivity contribution >= 4 is 33.6 Å². The highest BCUT2D eigenvalue weighted by Gasteiger charge is 2.10. The van der Waals surface area contributed by atoms with Crippen molar-refractivity contribution in [3.05, 3.63) is 64.3 Å². The van der Waals surface area contributed by atoms with Gasteiger partial charge in [-0.05, 0) is 42.3 Å². The molecule has 0 atom stereocenters. The summed E-state index contributed by atoms with van der Waals surface area (Å²) in [5, 5.41) is 0.639. The number of para-hydroxylation sites is 1. The van der Waals surface area contributed by atoms with Gasteiger partial charge in [0.2, 0.25) is 5.89 Å². The predicted octanol–water partition coefficient (Wildman–Crippen LogP) is 4.72. The summed E-state index contributed by atoms with van der Waals surface area (Å²) in [5.41, 5.74) is 0.838. The van der Waals surface area contributed by atoms with E-state index in [1.165, 1.54) is 0 Å². The van der Waals surface area contributed by atoms with Crippen molar-refractivity contribution < 1.29 is 13.9 Å². The van der Waals surface area contributed by atoms with Crippen LogP contribution in [0.15, 0.2) is 51.7 Å². The molecule has 3 aromatic rings. The molecule has 0 unspecified atom stereocenters. The Morgan fingerprint density at radius 1 is 1.23 bits per heavy atom. The van der Waals surface area contributed by atoms with Gasteiger partial charge in [-0.2, -0.15) is 0 Å². The Kier molecular flexibility index (Phi) is 5.58. The smallest absolute Gasteiger partial charge is 0.347 e. The summed E-state index contributed by atoms with van der Waals surface area (Å²) in [4.78, 5) is 16.4. The van der Waals surface area contributed by atoms with E-state index in [1.54, 1.807) is 43.5 Å². The number of rotatable bonds is 6. The lowest BCUT2D eigenvalue weighted by Gasteiger charge is -2.10. The standard InChI is InChI=1S/C20H18ClNO4/c1-3-10-25-18-12-13(8-9-17(18)24-2)11-15(21)19-22-16-7-5-4-6-14(16)20(23)26-19/h4-9,11-12H,3,10H2,1-2H3/b15-11-. The zero-order chi connectivity index (χ0) is 18.5. The molecule has 0 bridgehead atoms. The molecule has 1 heterocycles. The van der Waals surface area contributed by atoms with Crippen LogP contribution in [0.25, 0.3) is 22.0 Å². The molecule has 2 aromatic carbocycles. The topological polar surface area (TPSA) is 61.6 Å². The number of nitrogens with zero attached hydrogens (tertiary/aromatic N) is 1. The maximum Gasteiger partial charge on any atom is 0.347 e. The third-order valence-electron chi connectivity index (χ3n) is 3.68. The van der Waals surface area contributed by atoms with Crippen molar-refractivity contribution in [2.24, 2.45) is 0 Å². The highest BCUT2D eigenvalue weighted by Crippen LogP contribution is 2.30. The van der Waals surface area contributed by atoms with Gasteiger partial charge in [-0.1, -0.05) is 36.7 Å². The van der Waals surface area contributed by atoms with Gasteiger partial charge in [-0.25, -0.2) is 9.78 Å². The minimum absolute atomic E-state index is 0.0715. The first kappa shape index (κ1) is 18.0. The molecule has 0 saturated carbocycles. The first-order valence-corrected chi connectivity index (χ1v) is 8.58. The van der Waals surface area contributed by atoms with E-state index in [2.05, 4.69) is 4.98 Å². The van der Waals surface area contributed by atoms with E-state index in [4.69, 9.17) is 25.5 Å². The molecule has 0 fully saturated rings. The molecule has 0 N–H and O–H groups in total. The molecular weight excluding hydrogens is 354 g/mol. The largest absolute Gasteiger partial charge is 0.493 e. The molecule has 0 spiro atoms. The van der Waals surface area contributed by atoms with Crippen molar-refractivity contribution in [1.82, 2.24) is 4.98 Å². The molecule has 0 aliphatic carbocycles. The molecule has 0 radical (unpaired) electrons. The number of benzene rings is 2. The van der Waals surface area contributed by atoms with Crippen LogP contribution >= 0.6 is 11.6 Å². The summed E-state index contributed by atoms with van der Waals surface area (Å²) in [6, 6.07) is 12.4. The zero-order valence-corrected chi connectivity index (χ0v) is 15.2. The maximum absolute atomic E-state index is 12.1. The van der Waals surface area contributed by atoms with Crippen molar-refractivity contribution in [2.75, 3.05) is 13.7 Å². The van der Waals surface area contributed by atoms with E-state index in [0.717, 1.165) is 12.0 Å². The van der Waals surface area contributed by atoms with Crippen LogP contribution in [0.1, 0.15) is 24.8 Å². The molecule has 5 nitrogen and oxygen atoms in total. The van der Waals surface area contributed by atoms with Gasteiger partial charge < -0.3 is 13.9 Å². The third-order valence-corrected chi connectivity index (χ3v) is 3.95. The van der Waals surface area contributed by atoms with Crippen molar-refractivity contribution in [2.45, 2.75) is 13.3 Å². The fraction of sp³-hybridized carbons (Fsp3) is 0.200. The Hall–Kier alpha value is -2.79. The fourth-order valence-electron chi connectivity index (χ4n) is 2.44. The van der Waals surface area contributed by atoms with Crippen molar-refractivity contribution in [3.8, 4) is 11.5 Å². The second-order valence-electron chi connectivity index (χ2n) is 5.57. The Morgan fingerprint density at radius 3 is 2.81 bits per heavy atom. The zero-order valence-electron chi connectivity index (χ0n) is 14.5. The van der Waals surface area contributed by atoms with Gasteiger partial charge in [0, 0.05) is 0 Å². The molecule has 26 heavy (non-hydrogen) atoms. The van der Waals surface area contributed by atoms with Gasteiger partial charge in [-0.3, -0.25) is 0 Å². The first-order valence-electron chi connectivity index (χ1n) is 8.20. The molecule has 134 valence electrons. The molecule has 3 rings (SSSR count). The number of aromatic nitrogens is 1. The molecule has 0 aliphatic heterocycles. The van der Waals surface area contributed by atoms with Crippen LogP contribution in [0.3, 0.4) is 0 Å². The molecule has 0 saturated heterocycles. The van der Waals surface area contributed by atoms with Crippen LogP contribution in [0.5, 0.6) is 11.5 Å². The average molecular weight is 372 g/mol. The number of hydrogen-bond acceptors (Lipinski definition) is 5. The Morgan fingerprint density at radius 2 is 2.04 bits per heavy atom. The van der Waals surface area contributed by atoms with Crippen molar-refractivity contribution in [1.29, 1.82) is 0 Å². The van der Waals surface area contributed by atoms with E-state index in [9.17, 15) is 4.79 Å². The summed E-state index contributed by atoms with van der Waals surface area (Å²) in [6.45, 7) is 2.61. The molecule has 6 heteroatoms. The quantitative estimate of drug-likeness (QED) is 0.627. The number of hydrogen-bond donors (Lipinski definition) is 0. The maximum atomic E-state index is 12.1. The van der Waals surface area contributed by atoms with Crippen LogP contribution in [0.2, 0.25) is 0 Å². The molecule has 0 aliphatic rings. The lowest BCUT2D eigenvalue weighted by molar-refractivity contribution is 0.294. The highest BCUT2D eigenvalue weighted by atomic mass is 35.5. The summed E-state index contributed by atoms with van der Waals surface area (Å²) >= 11 is 6.34. The minimum Gasteiger partial charge on any atom is -0.493 e. The lowest BCUT2D eigenvalue weighted by Crippen LogP contribution is -2.03. The molecular formula is C20H18ClNO4. The predicted molar refractivity (Wildman–Crippen MR) is 103 cm³/mol. The van der Waals surface area contributed by atoms with E-state index >= 15 is 0 Å². The normalized spacial score (nSPS) is 11.6. The summed E-state index contributed by atoms with van der Waals surface area (Å²) < 4.78 is 16.2. The van der Waals surface area contributed by atoms with Crippen LogP contribution in [-0.2, 0) is 0 Å². The summed E-state index contributed by atoms with van der Waals surface area (Å²) in [5.74, 6) is 1.34. The Bertz CT molecular complexity index is 1010. The molecule has 0 amide bonds. The number of ether oxygens (including phenoxy) is 2. The lowest BCUT2D eigenvalue weighted by atomic mass is 10.2. The second-order valence-corrected chi connectivity index (χ2v) is 5.98. The van der Waals surface area contributed by atoms with E-state index in [0.29, 0.717) is 29.0 Å². The average Bonchev–Trinajstić information content (AvgIpc) is 2.66. The van der Waals surface area contributed by atoms with E-state index in [-0.39, 0.29) is 10.9 Å². The van der Waals surface area contributed by atoms with Crippen LogP contribution in [-0.4, -0.2) is 18.7 Å². The van der Waals surface area contributed by atoms with Crippen LogP contribution in [0.4, 0.5) is 0 Å². The van der Waals surface area contributed by atoms with Crippen LogP contribution in [0, 0.1) is 0 Å².